The topological polar surface area (TPSA) is 35.6 Å². The van der Waals surface area contributed by atoms with Gasteiger partial charge in [0.25, 0.3) is 0 Å². The Morgan fingerprint density at radius 3 is 2.16 bits per heavy atom. The monoisotopic (exact) mass is 672 g/mol. The molecule has 242 valence electrons. The Kier molecular flexibility index (Phi) is 6.40. The molecule has 3 heterocycles. The fourth-order valence-electron chi connectivity index (χ4n) is 8.28. The minimum atomic E-state index is 0.213. The largest absolute Gasteiger partial charge is 0.293 e. The van der Waals surface area contributed by atoms with Crippen molar-refractivity contribution in [1.29, 1.82) is 0 Å². The lowest BCUT2D eigenvalue weighted by Crippen LogP contribution is -2.35. The van der Waals surface area contributed by atoms with Gasteiger partial charge in [0.2, 0.25) is 0 Å². The molecule has 1 aliphatic heterocycles. The Hall–Kier alpha value is -5.91. The third-order valence-corrected chi connectivity index (χ3v) is 12.1. The van der Waals surface area contributed by atoms with Crippen LogP contribution < -0.4 is 10.7 Å². The number of fused-ring (bicyclic) bond motifs is 7. The van der Waals surface area contributed by atoms with Gasteiger partial charge in [0.1, 0.15) is 11.6 Å². The molecule has 2 aromatic heterocycles. The summed E-state index contributed by atoms with van der Waals surface area (Å²) in [6, 6.07) is 41.3. The van der Waals surface area contributed by atoms with Crippen LogP contribution in [0.2, 0.25) is 0 Å². The SMILES string of the molecule is C1=CC2C=CC(c3nc4cc5c(cc4n3-c3ccccc3)SC3C=c4c(nc(-c6ccc7ccccc7c6)n4-c4ccccc4)=CC53)=CC2C=C1. The maximum absolute atomic E-state index is 5.38. The van der Waals surface area contributed by atoms with Gasteiger partial charge in [0, 0.05) is 50.4 Å². The average Bonchev–Trinajstić information content (AvgIpc) is 3.87. The van der Waals surface area contributed by atoms with Crippen molar-refractivity contribution in [2.75, 3.05) is 0 Å². The number of para-hydroxylation sites is 2. The van der Waals surface area contributed by atoms with E-state index in [1.807, 2.05) is 11.8 Å². The third-order valence-electron chi connectivity index (χ3n) is 10.8. The summed E-state index contributed by atoms with van der Waals surface area (Å²) in [5.41, 5.74) is 8.02. The maximum Gasteiger partial charge on any atom is 0.145 e. The second-order valence-electron chi connectivity index (χ2n) is 13.8. The number of aromatic nitrogens is 4. The highest BCUT2D eigenvalue weighted by Crippen LogP contribution is 2.49. The van der Waals surface area contributed by atoms with Crippen LogP contribution in [0.15, 0.2) is 163 Å². The molecule has 5 aromatic carbocycles. The van der Waals surface area contributed by atoms with Crippen molar-refractivity contribution in [2.24, 2.45) is 11.8 Å². The molecule has 0 amide bonds. The fraction of sp³-hybridized carbons (Fsp3) is 0.0870. The maximum atomic E-state index is 5.38. The van der Waals surface area contributed by atoms with Gasteiger partial charge in [-0.05, 0) is 71.0 Å². The van der Waals surface area contributed by atoms with Crippen LogP contribution in [0, 0.1) is 11.8 Å². The van der Waals surface area contributed by atoms with Crippen molar-refractivity contribution in [2.45, 2.75) is 16.1 Å². The summed E-state index contributed by atoms with van der Waals surface area (Å²) in [7, 11) is 0. The first-order chi connectivity index (χ1) is 25.2. The minimum absolute atomic E-state index is 0.213. The van der Waals surface area contributed by atoms with Crippen molar-refractivity contribution in [3.8, 4) is 22.8 Å². The Bertz CT molecular complexity index is 2800. The fourth-order valence-corrected chi connectivity index (χ4v) is 9.65. The standard InChI is InChI=1S/C46H32N4S/c1-3-15-35(16-4-1)49-41-27-43-37(25-39(41)47-45(49)33-21-19-29-11-7-9-13-31(29)23-33)38-26-40-42(28-44(38)51-43)50(36-17-5-2-6-18-36)46(48-40)34-22-20-30-12-8-10-14-32(30)24-34/h1-29,31,38,44H. The molecule has 4 unspecified atom stereocenters. The van der Waals surface area contributed by atoms with E-state index in [4.69, 9.17) is 9.97 Å². The summed E-state index contributed by atoms with van der Waals surface area (Å²) in [5.74, 6) is 2.92. The number of nitrogens with zero attached hydrogens (tertiary/aromatic N) is 4. The van der Waals surface area contributed by atoms with Crippen molar-refractivity contribution in [3.63, 3.8) is 0 Å². The van der Waals surface area contributed by atoms with Gasteiger partial charge in [0.05, 0.1) is 21.7 Å². The zero-order valence-corrected chi connectivity index (χ0v) is 28.5. The number of thioether (sulfide) groups is 1. The first-order valence-corrected chi connectivity index (χ1v) is 18.5. The first-order valence-electron chi connectivity index (χ1n) is 17.7. The zero-order valence-electron chi connectivity index (χ0n) is 27.7. The molecule has 0 radical (unpaired) electrons. The van der Waals surface area contributed by atoms with Gasteiger partial charge in [-0.3, -0.25) is 9.13 Å². The molecule has 5 heteroatoms. The molecule has 7 aromatic rings. The van der Waals surface area contributed by atoms with E-state index in [-0.39, 0.29) is 11.2 Å². The summed E-state index contributed by atoms with van der Waals surface area (Å²) >= 11 is 1.96. The molecule has 51 heavy (non-hydrogen) atoms. The van der Waals surface area contributed by atoms with E-state index in [0.29, 0.717) is 11.8 Å². The van der Waals surface area contributed by atoms with Crippen molar-refractivity contribution >= 4 is 51.3 Å². The van der Waals surface area contributed by atoms with Gasteiger partial charge in [-0.15, -0.1) is 11.8 Å². The van der Waals surface area contributed by atoms with E-state index in [1.54, 1.807) is 0 Å². The van der Waals surface area contributed by atoms with Crippen LogP contribution in [0.25, 0.3) is 62.3 Å². The number of benzene rings is 5. The first kappa shape index (κ1) is 28.9. The van der Waals surface area contributed by atoms with Gasteiger partial charge in [0.15, 0.2) is 0 Å². The summed E-state index contributed by atoms with van der Waals surface area (Å²) in [4.78, 5) is 12.1. The van der Waals surface area contributed by atoms with Gasteiger partial charge < -0.3 is 0 Å². The molecule has 4 nitrogen and oxygen atoms in total. The van der Waals surface area contributed by atoms with Crippen LogP contribution in [0.1, 0.15) is 17.3 Å². The summed E-state index contributed by atoms with van der Waals surface area (Å²) in [6.45, 7) is 0. The van der Waals surface area contributed by atoms with Gasteiger partial charge in [-0.2, -0.15) is 0 Å². The quantitative estimate of drug-likeness (QED) is 0.187. The van der Waals surface area contributed by atoms with Crippen LogP contribution >= 0.6 is 11.8 Å². The van der Waals surface area contributed by atoms with Crippen molar-refractivity contribution in [3.05, 3.63) is 180 Å². The highest BCUT2D eigenvalue weighted by atomic mass is 32.2. The van der Waals surface area contributed by atoms with Crippen molar-refractivity contribution in [1.82, 2.24) is 19.1 Å². The molecule has 4 atom stereocenters. The predicted molar refractivity (Wildman–Crippen MR) is 211 cm³/mol. The summed E-state index contributed by atoms with van der Waals surface area (Å²) in [6.07, 6.45) is 20.7. The van der Waals surface area contributed by atoms with E-state index in [0.717, 1.165) is 55.9 Å². The van der Waals surface area contributed by atoms with E-state index >= 15 is 0 Å². The number of allylic oxidation sites excluding steroid dienone is 8. The van der Waals surface area contributed by atoms with Crippen LogP contribution in [0.4, 0.5) is 0 Å². The number of hydrogen-bond donors (Lipinski definition) is 0. The van der Waals surface area contributed by atoms with Gasteiger partial charge in [-0.1, -0.05) is 115 Å². The molecule has 0 saturated carbocycles. The van der Waals surface area contributed by atoms with E-state index in [9.17, 15) is 0 Å². The number of rotatable bonds is 4. The van der Waals surface area contributed by atoms with E-state index in [1.165, 1.54) is 21.2 Å². The van der Waals surface area contributed by atoms with Gasteiger partial charge >= 0.3 is 0 Å². The molecule has 4 aliphatic rings. The lowest BCUT2D eigenvalue weighted by molar-refractivity contribution is 0.662. The highest BCUT2D eigenvalue weighted by molar-refractivity contribution is 8.00. The molecular formula is C46H32N4S. The lowest BCUT2D eigenvalue weighted by Gasteiger charge is -2.23. The second-order valence-corrected chi connectivity index (χ2v) is 15.0. The van der Waals surface area contributed by atoms with Crippen LogP contribution in [-0.2, 0) is 0 Å². The van der Waals surface area contributed by atoms with Crippen LogP contribution in [0.5, 0.6) is 0 Å². The third kappa shape index (κ3) is 4.62. The number of hydrogen-bond acceptors (Lipinski definition) is 3. The lowest BCUT2D eigenvalue weighted by atomic mass is 9.83. The molecule has 0 saturated heterocycles. The predicted octanol–water partition coefficient (Wildman–Crippen LogP) is 9.18. The Morgan fingerprint density at radius 2 is 1.33 bits per heavy atom. The molecule has 0 spiro atoms. The number of imidazole rings is 2. The second kappa shape index (κ2) is 11.3. The Balaban J connectivity index is 1.07. The van der Waals surface area contributed by atoms with E-state index < -0.39 is 0 Å². The highest BCUT2D eigenvalue weighted by Gasteiger charge is 2.35. The Morgan fingerprint density at radius 1 is 0.588 bits per heavy atom. The molecule has 0 fully saturated rings. The minimum Gasteiger partial charge on any atom is -0.293 e. The summed E-state index contributed by atoms with van der Waals surface area (Å²) in [5, 5.41) is 4.91. The van der Waals surface area contributed by atoms with Gasteiger partial charge in [-0.25, -0.2) is 9.97 Å². The normalized spacial score (nSPS) is 21.1. The van der Waals surface area contributed by atoms with E-state index in [2.05, 4.69) is 179 Å². The average molecular weight is 673 g/mol. The summed E-state index contributed by atoms with van der Waals surface area (Å²) < 4.78 is 4.69. The molecule has 3 aliphatic carbocycles. The smallest absolute Gasteiger partial charge is 0.145 e. The molecular weight excluding hydrogens is 641 g/mol. The molecule has 11 rings (SSSR count). The molecule has 0 N–H and O–H groups in total. The van der Waals surface area contributed by atoms with Crippen LogP contribution in [-0.4, -0.2) is 24.4 Å². The molecule has 0 bridgehead atoms. The van der Waals surface area contributed by atoms with Crippen LogP contribution in [0.3, 0.4) is 0 Å². The van der Waals surface area contributed by atoms with Crippen molar-refractivity contribution < 1.29 is 0 Å². The zero-order chi connectivity index (χ0) is 33.5. The Labute approximate surface area is 299 Å².